The van der Waals surface area contributed by atoms with Crippen LogP contribution in [0.1, 0.15) is 17.0 Å². The fourth-order valence-electron chi connectivity index (χ4n) is 3.97. The van der Waals surface area contributed by atoms with Crippen molar-refractivity contribution in [2.45, 2.75) is 0 Å². The van der Waals surface area contributed by atoms with Gasteiger partial charge in [-0.25, -0.2) is 4.68 Å². The fourth-order valence-corrected chi connectivity index (χ4v) is 4.88. The molecule has 6 rings (SSSR count). The van der Waals surface area contributed by atoms with Crippen LogP contribution in [0.2, 0.25) is 0 Å². The molecule has 8 heteroatoms. The lowest BCUT2D eigenvalue weighted by atomic mass is 10.1. The minimum atomic E-state index is -0.208. The maximum atomic E-state index is 13.2. The highest BCUT2D eigenvalue weighted by molar-refractivity contribution is 7.15. The van der Waals surface area contributed by atoms with Gasteiger partial charge in [0.2, 0.25) is 4.96 Å². The van der Waals surface area contributed by atoms with Gasteiger partial charge in [-0.3, -0.25) is 4.79 Å². The second kappa shape index (κ2) is 9.67. The zero-order chi connectivity index (χ0) is 25.2. The Morgan fingerprint density at radius 3 is 2.30 bits per heavy atom. The molecule has 0 amide bonds. The van der Waals surface area contributed by atoms with E-state index in [1.54, 1.807) is 7.11 Å². The first-order valence-corrected chi connectivity index (χ1v) is 12.4. The van der Waals surface area contributed by atoms with E-state index in [1.165, 1.54) is 15.9 Å². The third kappa shape index (κ3) is 4.57. The number of para-hydroxylation sites is 1. The van der Waals surface area contributed by atoms with Crippen molar-refractivity contribution in [1.82, 2.24) is 24.4 Å². The molecule has 0 aliphatic carbocycles. The lowest BCUT2D eigenvalue weighted by Gasteiger charge is -2.02. The predicted octanol–water partition coefficient (Wildman–Crippen LogP) is 4.73. The van der Waals surface area contributed by atoms with E-state index in [0.717, 1.165) is 33.8 Å². The molecule has 0 N–H and O–H groups in total. The van der Waals surface area contributed by atoms with Gasteiger partial charge in [-0.1, -0.05) is 65.9 Å². The van der Waals surface area contributed by atoms with Gasteiger partial charge >= 0.3 is 0 Å². The Kier molecular flexibility index (Phi) is 5.92. The van der Waals surface area contributed by atoms with Crippen LogP contribution in [0.25, 0.3) is 40.1 Å². The SMILES string of the molecule is COc1ccc(-c2nn(-c3ccccc3)cc2C=c2sc3nc(C=Cc4ccccc4)nn3c2=O)cc1. The maximum absolute atomic E-state index is 13.2. The third-order valence-electron chi connectivity index (χ3n) is 5.84. The van der Waals surface area contributed by atoms with Gasteiger partial charge in [0.25, 0.3) is 5.56 Å². The fraction of sp³-hybridized carbons (Fsp3) is 0.0345. The van der Waals surface area contributed by atoms with Crippen molar-refractivity contribution < 1.29 is 4.74 Å². The molecule has 37 heavy (non-hydrogen) atoms. The highest BCUT2D eigenvalue weighted by atomic mass is 32.1. The van der Waals surface area contributed by atoms with E-state index in [0.29, 0.717) is 15.3 Å². The molecule has 0 saturated heterocycles. The van der Waals surface area contributed by atoms with E-state index in [1.807, 2.05) is 114 Å². The second-order valence-electron chi connectivity index (χ2n) is 8.27. The summed E-state index contributed by atoms with van der Waals surface area (Å²) >= 11 is 1.31. The number of methoxy groups -OCH3 is 1. The third-order valence-corrected chi connectivity index (χ3v) is 6.80. The molecule has 0 atom stereocenters. The zero-order valence-corrected chi connectivity index (χ0v) is 20.7. The molecule has 3 aromatic carbocycles. The van der Waals surface area contributed by atoms with Crippen LogP contribution in [0.15, 0.2) is 95.9 Å². The first kappa shape index (κ1) is 22.6. The Bertz CT molecular complexity index is 1820. The second-order valence-corrected chi connectivity index (χ2v) is 9.27. The van der Waals surface area contributed by atoms with Gasteiger partial charge in [-0.05, 0) is 54.1 Å². The summed E-state index contributed by atoms with van der Waals surface area (Å²) in [6, 6.07) is 27.5. The van der Waals surface area contributed by atoms with Crippen molar-refractivity contribution in [1.29, 1.82) is 0 Å². The van der Waals surface area contributed by atoms with Crippen molar-refractivity contribution in [3.05, 3.63) is 123 Å². The summed E-state index contributed by atoms with van der Waals surface area (Å²) in [6.07, 6.45) is 7.52. The van der Waals surface area contributed by atoms with E-state index < -0.39 is 0 Å². The minimum Gasteiger partial charge on any atom is -0.497 e. The molecule has 6 aromatic rings. The summed E-state index contributed by atoms with van der Waals surface area (Å²) in [7, 11) is 1.64. The average molecular weight is 504 g/mol. The van der Waals surface area contributed by atoms with Gasteiger partial charge in [-0.2, -0.15) is 14.6 Å². The number of aromatic nitrogens is 5. The smallest absolute Gasteiger partial charge is 0.291 e. The molecule has 7 nitrogen and oxygen atoms in total. The van der Waals surface area contributed by atoms with E-state index in [2.05, 4.69) is 10.1 Å². The van der Waals surface area contributed by atoms with Crippen molar-refractivity contribution in [2.75, 3.05) is 7.11 Å². The molecule has 180 valence electrons. The summed E-state index contributed by atoms with van der Waals surface area (Å²) in [4.78, 5) is 18.3. The van der Waals surface area contributed by atoms with Crippen LogP contribution in [0.3, 0.4) is 0 Å². The van der Waals surface area contributed by atoms with E-state index in [4.69, 9.17) is 9.84 Å². The molecule has 0 aliphatic heterocycles. The lowest BCUT2D eigenvalue weighted by Crippen LogP contribution is -2.23. The molecule has 0 spiro atoms. The minimum absolute atomic E-state index is 0.208. The Morgan fingerprint density at radius 1 is 0.865 bits per heavy atom. The molecule has 0 saturated carbocycles. The number of rotatable bonds is 6. The van der Waals surface area contributed by atoms with Gasteiger partial charge in [0.05, 0.1) is 17.3 Å². The largest absolute Gasteiger partial charge is 0.497 e. The van der Waals surface area contributed by atoms with Gasteiger partial charge in [0.1, 0.15) is 11.4 Å². The maximum Gasteiger partial charge on any atom is 0.291 e. The Morgan fingerprint density at radius 2 is 1.59 bits per heavy atom. The summed E-state index contributed by atoms with van der Waals surface area (Å²) in [6.45, 7) is 0. The van der Waals surface area contributed by atoms with Crippen molar-refractivity contribution in [2.24, 2.45) is 0 Å². The molecular weight excluding hydrogens is 482 g/mol. The zero-order valence-electron chi connectivity index (χ0n) is 19.9. The summed E-state index contributed by atoms with van der Waals surface area (Å²) < 4.78 is 9.02. The van der Waals surface area contributed by atoms with Crippen molar-refractivity contribution in [3.8, 4) is 22.7 Å². The number of thiazole rings is 1. The first-order chi connectivity index (χ1) is 18.2. The first-order valence-electron chi connectivity index (χ1n) is 11.6. The number of hydrogen-bond acceptors (Lipinski definition) is 6. The highest BCUT2D eigenvalue weighted by Crippen LogP contribution is 2.26. The van der Waals surface area contributed by atoms with Gasteiger partial charge in [0.15, 0.2) is 5.82 Å². The Hall–Kier alpha value is -4.82. The average Bonchev–Trinajstić information content (AvgIpc) is 3.63. The van der Waals surface area contributed by atoms with Crippen LogP contribution in [0.5, 0.6) is 5.75 Å². The molecular formula is C29H21N5O2S. The summed E-state index contributed by atoms with van der Waals surface area (Å²) in [5.74, 6) is 1.26. The molecule has 3 aromatic heterocycles. The Labute approximate surface area is 216 Å². The number of hydrogen-bond donors (Lipinski definition) is 0. The van der Waals surface area contributed by atoms with Crippen LogP contribution in [-0.4, -0.2) is 31.5 Å². The molecule has 0 fully saturated rings. The van der Waals surface area contributed by atoms with Crippen molar-refractivity contribution >= 4 is 34.5 Å². The number of ether oxygens (including phenoxy) is 1. The van der Waals surface area contributed by atoms with Crippen molar-refractivity contribution in [3.63, 3.8) is 0 Å². The lowest BCUT2D eigenvalue weighted by molar-refractivity contribution is 0.415. The summed E-state index contributed by atoms with van der Waals surface area (Å²) in [5, 5.41) is 9.24. The van der Waals surface area contributed by atoms with Gasteiger partial charge in [0, 0.05) is 17.3 Å². The normalized spacial score (nSPS) is 12.1. The van der Waals surface area contributed by atoms with Crippen LogP contribution in [0, 0.1) is 0 Å². The number of benzene rings is 3. The Balaban J connectivity index is 1.42. The van der Waals surface area contributed by atoms with Gasteiger partial charge < -0.3 is 4.74 Å². The molecule has 0 radical (unpaired) electrons. The predicted molar refractivity (Wildman–Crippen MR) is 147 cm³/mol. The number of nitrogens with zero attached hydrogens (tertiary/aromatic N) is 5. The molecule has 0 bridgehead atoms. The molecule has 3 heterocycles. The van der Waals surface area contributed by atoms with Crippen LogP contribution in [0.4, 0.5) is 0 Å². The van der Waals surface area contributed by atoms with E-state index in [-0.39, 0.29) is 5.56 Å². The molecule has 0 unspecified atom stereocenters. The van der Waals surface area contributed by atoms with Crippen LogP contribution in [-0.2, 0) is 0 Å². The summed E-state index contributed by atoms with van der Waals surface area (Å²) in [5.41, 5.74) is 4.26. The highest BCUT2D eigenvalue weighted by Gasteiger charge is 2.14. The topological polar surface area (TPSA) is 74.3 Å². The standard InChI is InChI=1S/C29H21N5O2S/c1-36-24-15-13-21(14-16-24)27-22(19-33(32-27)23-10-6-3-7-11-23)18-25-28(35)34-29(37-25)30-26(31-34)17-12-20-8-4-2-5-9-20/h2-19H,1H3. The van der Waals surface area contributed by atoms with Crippen LogP contribution >= 0.6 is 11.3 Å². The van der Waals surface area contributed by atoms with E-state index in [9.17, 15) is 4.79 Å². The quantitative estimate of drug-likeness (QED) is 0.329. The van der Waals surface area contributed by atoms with Crippen LogP contribution < -0.4 is 14.8 Å². The van der Waals surface area contributed by atoms with E-state index >= 15 is 0 Å². The van der Waals surface area contributed by atoms with Gasteiger partial charge in [-0.15, -0.1) is 5.10 Å². The number of fused-ring (bicyclic) bond motifs is 1. The monoisotopic (exact) mass is 503 g/mol. The molecule has 0 aliphatic rings.